The van der Waals surface area contributed by atoms with E-state index < -0.39 is 0 Å². The molecule has 3 aromatic rings. The molecule has 1 aromatic heterocycles. The van der Waals surface area contributed by atoms with E-state index in [0.29, 0.717) is 6.54 Å². The normalized spacial score (nSPS) is 12.0. The predicted molar refractivity (Wildman–Crippen MR) is 113 cm³/mol. The summed E-state index contributed by atoms with van der Waals surface area (Å²) in [6.07, 6.45) is 1.04. The van der Waals surface area contributed by atoms with Crippen molar-refractivity contribution in [3.63, 3.8) is 0 Å². The number of carbonyl (C=O) groups excluding carboxylic acids is 1. The lowest BCUT2D eigenvalue weighted by molar-refractivity contribution is -0.885. The van der Waals surface area contributed by atoms with Crippen molar-refractivity contribution in [1.82, 2.24) is 9.78 Å². The predicted octanol–water partition coefficient (Wildman–Crippen LogP) is 2.70. The standard InChI is InChI=1S/C23H28N4O/c1-5-19-11-13-20(14-12-19)15-26(4)16-22(28)24-23-17(2)25-27(18(23)3)21-9-7-6-8-10-21/h6-14H,5,15-16H2,1-4H3,(H,24,28)/p+1. The van der Waals surface area contributed by atoms with E-state index >= 15 is 0 Å². The number of carbonyl (C=O) groups is 1. The zero-order valence-corrected chi connectivity index (χ0v) is 17.1. The number of likely N-dealkylation sites (N-methyl/N-ethyl adjacent to an activating group) is 1. The Bertz CT molecular complexity index is 929. The van der Waals surface area contributed by atoms with E-state index in [1.807, 2.05) is 55.9 Å². The Morgan fingerprint density at radius 3 is 2.32 bits per heavy atom. The highest BCUT2D eigenvalue weighted by atomic mass is 16.2. The van der Waals surface area contributed by atoms with Gasteiger partial charge in [0.2, 0.25) is 0 Å². The van der Waals surface area contributed by atoms with Gasteiger partial charge in [-0.1, -0.05) is 49.4 Å². The van der Waals surface area contributed by atoms with Crippen LogP contribution < -0.4 is 10.2 Å². The number of aromatic nitrogens is 2. The maximum atomic E-state index is 12.6. The van der Waals surface area contributed by atoms with Gasteiger partial charge in [0.25, 0.3) is 5.91 Å². The fraction of sp³-hybridized carbons (Fsp3) is 0.304. The molecule has 1 unspecified atom stereocenters. The minimum atomic E-state index is 0.00138. The van der Waals surface area contributed by atoms with Crippen LogP contribution in [0.15, 0.2) is 54.6 Å². The van der Waals surface area contributed by atoms with Crippen molar-refractivity contribution in [3.8, 4) is 5.69 Å². The molecule has 0 fully saturated rings. The molecular formula is C23H29N4O+. The molecule has 0 bridgehead atoms. The zero-order chi connectivity index (χ0) is 20.1. The fourth-order valence-electron chi connectivity index (χ4n) is 3.41. The Labute approximate surface area is 167 Å². The second kappa shape index (κ2) is 8.85. The van der Waals surface area contributed by atoms with Gasteiger partial charge in [0.15, 0.2) is 6.54 Å². The first-order valence-corrected chi connectivity index (χ1v) is 9.78. The zero-order valence-electron chi connectivity index (χ0n) is 17.1. The topological polar surface area (TPSA) is 51.4 Å². The van der Waals surface area contributed by atoms with Crippen LogP contribution in [-0.4, -0.2) is 29.3 Å². The fourth-order valence-corrected chi connectivity index (χ4v) is 3.41. The Hall–Kier alpha value is -2.92. The van der Waals surface area contributed by atoms with Gasteiger partial charge in [0, 0.05) is 5.56 Å². The molecule has 2 N–H and O–H groups in total. The lowest BCUT2D eigenvalue weighted by atomic mass is 10.1. The van der Waals surface area contributed by atoms with Gasteiger partial charge >= 0.3 is 0 Å². The molecule has 0 aliphatic rings. The summed E-state index contributed by atoms with van der Waals surface area (Å²) in [6.45, 7) is 7.28. The van der Waals surface area contributed by atoms with E-state index in [1.165, 1.54) is 11.1 Å². The summed E-state index contributed by atoms with van der Waals surface area (Å²) in [7, 11) is 2.04. The number of hydrogen-bond acceptors (Lipinski definition) is 2. The maximum Gasteiger partial charge on any atom is 0.279 e. The minimum absolute atomic E-state index is 0.00138. The first-order valence-electron chi connectivity index (χ1n) is 9.78. The minimum Gasteiger partial charge on any atom is -0.326 e. The van der Waals surface area contributed by atoms with Gasteiger partial charge < -0.3 is 10.2 Å². The third-order valence-corrected chi connectivity index (χ3v) is 4.96. The van der Waals surface area contributed by atoms with Crippen molar-refractivity contribution in [2.24, 2.45) is 0 Å². The Balaban J connectivity index is 1.63. The summed E-state index contributed by atoms with van der Waals surface area (Å²) in [5, 5.41) is 7.65. The molecule has 0 saturated carbocycles. The molecule has 146 valence electrons. The van der Waals surface area contributed by atoms with Crippen LogP contribution in [0.4, 0.5) is 5.69 Å². The van der Waals surface area contributed by atoms with E-state index in [0.717, 1.165) is 40.6 Å². The van der Waals surface area contributed by atoms with Gasteiger partial charge in [-0.15, -0.1) is 0 Å². The highest BCUT2D eigenvalue weighted by Crippen LogP contribution is 2.22. The van der Waals surface area contributed by atoms with Gasteiger partial charge in [0.05, 0.1) is 29.8 Å². The number of benzene rings is 2. The van der Waals surface area contributed by atoms with Crippen molar-refractivity contribution >= 4 is 11.6 Å². The highest BCUT2D eigenvalue weighted by Gasteiger charge is 2.17. The second-order valence-corrected chi connectivity index (χ2v) is 7.32. The molecule has 1 amide bonds. The van der Waals surface area contributed by atoms with Crippen LogP contribution in [0.1, 0.15) is 29.4 Å². The molecule has 3 rings (SSSR count). The smallest absolute Gasteiger partial charge is 0.279 e. The van der Waals surface area contributed by atoms with Crippen molar-refractivity contribution in [1.29, 1.82) is 0 Å². The number of quaternary nitrogens is 1. The number of rotatable bonds is 7. The van der Waals surface area contributed by atoms with Crippen molar-refractivity contribution in [2.45, 2.75) is 33.7 Å². The van der Waals surface area contributed by atoms with E-state index in [-0.39, 0.29) is 5.91 Å². The van der Waals surface area contributed by atoms with Crippen LogP contribution in [0, 0.1) is 13.8 Å². The molecule has 5 heteroatoms. The van der Waals surface area contributed by atoms with E-state index in [1.54, 1.807) is 0 Å². The van der Waals surface area contributed by atoms with Crippen LogP contribution in [0.5, 0.6) is 0 Å². The van der Waals surface area contributed by atoms with E-state index in [9.17, 15) is 4.79 Å². The number of anilines is 1. The molecule has 28 heavy (non-hydrogen) atoms. The lowest BCUT2D eigenvalue weighted by Gasteiger charge is -2.14. The Kier molecular flexibility index (Phi) is 6.26. The largest absolute Gasteiger partial charge is 0.326 e. The van der Waals surface area contributed by atoms with Crippen LogP contribution in [0.25, 0.3) is 5.69 Å². The summed E-state index contributed by atoms with van der Waals surface area (Å²) in [6, 6.07) is 18.6. The van der Waals surface area contributed by atoms with Crippen LogP contribution in [0.2, 0.25) is 0 Å². The molecule has 0 aliphatic heterocycles. The quantitative estimate of drug-likeness (QED) is 0.665. The van der Waals surface area contributed by atoms with Crippen molar-refractivity contribution in [3.05, 3.63) is 77.1 Å². The number of hydrogen-bond donors (Lipinski definition) is 2. The van der Waals surface area contributed by atoms with E-state index in [4.69, 9.17) is 0 Å². The molecule has 0 spiro atoms. The van der Waals surface area contributed by atoms with Crippen LogP contribution in [0.3, 0.4) is 0 Å². The molecular weight excluding hydrogens is 348 g/mol. The molecule has 0 radical (unpaired) electrons. The molecule has 1 heterocycles. The molecule has 5 nitrogen and oxygen atoms in total. The average Bonchev–Trinajstić information content (AvgIpc) is 2.97. The highest BCUT2D eigenvalue weighted by molar-refractivity contribution is 5.92. The summed E-state index contributed by atoms with van der Waals surface area (Å²) in [4.78, 5) is 13.7. The van der Waals surface area contributed by atoms with Gasteiger partial charge in [0.1, 0.15) is 6.54 Å². The summed E-state index contributed by atoms with van der Waals surface area (Å²) < 4.78 is 1.87. The first-order chi connectivity index (χ1) is 13.5. The number of para-hydroxylation sites is 1. The van der Waals surface area contributed by atoms with Gasteiger partial charge in [-0.2, -0.15) is 5.10 Å². The lowest BCUT2D eigenvalue weighted by Crippen LogP contribution is -3.08. The summed E-state index contributed by atoms with van der Waals surface area (Å²) in [5.41, 5.74) is 6.12. The van der Waals surface area contributed by atoms with Gasteiger partial charge in [-0.3, -0.25) is 4.79 Å². The summed E-state index contributed by atoms with van der Waals surface area (Å²) in [5.74, 6) is 0.00138. The Morgan fingerprint density at radius 2 is 1.68 bits per heavy atom. The third kappa shape index (κ3) is 4.67. The molecule has 2 aromatic carbocycles. The number of nitrogens with zero attached hydrogens (tertiary/aromatic N) is 2. The number of amides is 1. The number of aryl methyl sites for hydroxylation is 2. The first kappa shape index (κ1) is 19.8. The van der Waals surface area contributed by atoms with Crippen molar-refractivity contribution < 1.29 is 9.69 Å². The Morgan fingerprint density at radius 1 is 1.04 bits per heavy atom. The van der Waals surface area contributed by atoms with Crippen LogP contribution >= 0.6 is 0 Å². The van der Waals surface area contributed by atoms with Crippen LogP contribution in [-0.2, 0) is 17.8 Å². The van der Waals surface area contributed by atoms with Crippen molar-refractivity contribution in [2.75, 3.05) is 18.9 Å². The van der Waals surface area contributed by atoms with Gasteiger partial charge in [-0.25, -0.2) is 4.68 Å². The third-order valence-electron chi connectivity index (χ3n) is 4.96. The monoisotopic (exact) mass is 377 g/mol. The molecule has 0 aliphatic carbocycles. The summed E-state index contributed by atoms with van der Waals surface area (Å²) >= 11 is 0. The van der Waals surface area contributed by atoms with E-state index in [2.05, 4.69) is 41.6 Å². The maximum absolute atomic E-state index is 12.6. The number of nitrogens with one attached hydrogen (secondary N) is 2. The molecule has 0 saturated heterocycles. The molecule has 1 atom stereocenters. The SMILES string of the molecule is CCc1ccc(C[NH+](C)CC(=O)Nc2c(C)nn(-c3ccccc3)c2C)cc1. The average molecular weight is 378 g/mol. The second-order valence-electron chi connectivity index (χ2n) is 7.32. The van der Waals surface area contributed by atoms with Gasteiger partial charge in [-0.05, 0) is 38.0 Å².